The van der Waals surface area contributed by atoms with E-state index in [9.17, 15) is 5.11 Å². The van der Waals surface area contributed by atoms with Crippen molar-refractivity contribution in [1.29, 1.82) is 0 Å². The molecule has 2 aromatic carbocycles. The predicted molar refractivity (Wildman–Crippen MR) is 76.2 cm³/mol. The van der Waals surface area contributed by atoms with Crippen LogP contribution < -0.4 is 0 Å². The second kappa shape index (κ2) is 5.13. The highest BCUT2D eigenvalue weighted by Gasteiger charge is 2.14. The standard InChI is InChI=1S/C16H17ClO/c1-10-4-7-14(15(17)8-10)16(18)13-6-5-11(2)12(3)9-13/h4-9,16,18H,1-3H3. The fraction of sp³-hybridized carbons (Fsp3) is 0.250. The van der Waals surface area contributed by atoms with Crippen molar-refractivity contribution in [2.24, 2.45) is 0 Å². The molecule has 0 fully saturated rings. The van der Waals surface area contributed by atoms with Gasteiger partial charge in [0, 0.05) is 10.6 Å². The van der Waals surface area contributed by atoms with E-state index < -0.39 is 6.10 Å². The summed E-state index contributed by atoms with van der Waals surface area (Å²) >= 11 is 6.19. The second-order valence-corrected chi connectivity index (χ2v) is 5.18. The number of hydrogen-bond donors (Lipinski definition) is 1. The number of aliphatic hydroxyl groups excluding tert-OH is 1. The maximum atomic E-state index is 10.4. The molecule has 2 heteroatoms. The summed E-state index contributed by atoms with van der Waals surface area (Å²) < 4.78 is 0. The summed E-state index contributed by atoms with van der Waals surface area (Å²) in [4.78, 5) is 0. The van der Waals surface area contributed by atoms with Gasteiger partial charge in [0.2, 0.25) is 0 Å². The van der Waals surface area contributed by atoms with Crippen LogP contribution in [0.15, 0.2) is 36.4 Å². The monoisotopic (exact) mass is 260 g/mol. The van der Waals surface area contributed by atoms with Crippen LogP contribution in [0.3, 0.4) is 0 Å². The van der Waals surface area contributed by atoms with E-state index in [1.54, 1.807) is 0 Å². The molecule has 2 aromatic rings. The molecule has 94 valence electrons. The molecule has 0 saturated heterocycles. The molecule has 0 heterocycles. The Hall–Kier alpha value is -1.31. The van der Waals surface area contributed by atoms with Crippen molar-refractivity contribution in [2.45, 2.75) is 26.9 Å². The van der Waals surface area contributed by atoms with E-state index in [1.165, 1.54) is 11.1 Å². The third-order valence-electron chi connectivity index (χ3n) is 3.30. The topological polar surface area (TPSA) is 20.2 Å². The van der Waals surface area contributed by atoms with Crippen molar-refractivity contribution < 1.29 is 5.11 Å². The van der Waals surface area contributed by atoms with Crippen molar-refractivity contribution >= 4 is 11.6 Å². The summed E-state index contributed by atoms with van der Waals surface area (Å²) in [6.45, 7) is 6.09. The van der Waals surface area contributed by atoms with Crippen molar-refractivity contribution in [3.8, 4) is 0 Å². The fourth-order valence-electron chi connectivity index (χ4n) is 1.97. The van der Waals surface area contributed by atoms with Crippen LogP contribution >= 0.6 is 11.6 Å². The Morgan fingerprint density at radius 3 is 2.28 bits per heavy atom. The Balaban J connectivity index is 2.41. The van der Waals surface area contributed by atoms with E-state index in [2.05, 4.69) is 6.92 Å². The molecule has 0 aliphatic heterocycles. The number of aliphatic hydroxyl groups is 1. The lowest BCUT2D eigenvalue weighted by Gasteiger charge is -2.15. The summed E-state index contributed by atoms with van der Waals surface area (Å²) in [5.41, 5.74) is 5.13. The lowest BCUT2D eigenvalue weighted by Crippen LogP contribution is -2.01. The summed E-state index contributed by atoms with van der Waals surface area (Å²) in [7, 11) is 0. The van der Waals surface area contributed by atoms with Gasteiger partial charge in [-0.3, -0.25) is 0 Å². The normalized spacial score (nSPS) is 12.5. The van der Waals surface area contributed by atoms with E-state index in [1.807, 2.05) is 50.2 Å². The van der Waals surface area contributed by atoms with Gasteiger partial charge in [0.1, 0.15) is 6.10 Å². The average molecular weight is 261 g/mol. The summed E-state index contributed by atoms with van der Waals surface area (Å²) in [5, 5.41) is 11.0. The van der Waals surface area contributed by atoms with E-state index in [0.717, 1.165) is 16.7 Å². The fourth-order valence-corrected chi connectivity index (χ4v) is 2.31. The van der Waals surface area contributed by atoms with Gasteiger partial charge in [-0.25, -0.2) is 0 Å². The van der Waals surface area contributed by atoms with Crippen LogP contribution in [0.1, 0.15) is 33.9 Å². The number of rotatable bonds is 2. The molecule has 1 unspecified atom stereocenters. The largest absolute Gasteiger partial charge is 0.384 e. The Bertz CT molecular complexity index is 575. The smallest absolute Gasteiger partial charge is 0.105 e. The first-order chi connectivity index (χ1) is 8.49. The van der Waals surface area contributed by atoms with Gasteiger partial charge in [0.25, 0.3) is 0 Å². The number of aryl methyl sites for hydroxylation is 3. The molecule has 0 aromatic heterocycles. The molecular formula is C16H17ClO. The van der Waals surface area contributed by atoms with Gasteiger partial charge in [-0.2, -0.15) is 0 Å². The summed E-state index contributed by atoms with van der Waals surface area (Å²) in [5.74, 6) is 0. The first-order valence-electron chi connectivity index (χ1n) is 6.00. The lowest BCUT2D eigenvalue weighted by molar-refractivity contribution is 0.220. The van der Waals surface area contributed by atoms with Crippen molar-refractivity contribution in [2.75, 3.05) is 0 Å². The van der Waals surface area contributed by atoms with Gasteiger partial charge in [-0.1, -0.05) is 41.9 Å². The highest BCUT2D eigenvalue weighted by Crippen LogP contribution is 2.29. The minimum atomic E-state index is -0.669. The lowest BCUT2D eigenvalue weighted by atomic mass is 9.97. The SMILES string of the molecule is Cc1ccc(C(O)c2ccc(C)c(C)c2)c(Cl)c1. The Morgan fingerprint density at radius 2 is 1.67 bits per heavy atom. The zero-order valence-electron chi connectivity index (χ0n) is 10.9. The van der Waals surface area contributed by atoms with Crippen LogP contribution in [0.4, 0.5) is 0 Å². The molecule has 18 heavy (non-hydrogen) atoms. The Labute approximate surface area is 113 Å². The minimum absolute atomic E-state index is 0.612. The molecule has 0 spiro atoms. The van der Waals surface area contributed by atoms with Crippen molar-refractivity contribution in [3.63, 3.8) is 0 Å². The first kappa shape index (κ1) is 13.1. The zero-order chi connectivity index (χ0) is 13.3. The molecule has 0 aliphatic rings. The predicted octanol–water partition coefficient (Wildman–Crippen LogP) is 4.35. The molecule has 1 nitrogen and oxygen atoms in total. The van der Waals surface area contributed by atoms with Crippen LogP contribution in [0.5, 0.6) is 0 Å². The third kappa shape index (κ3) is 2.58. The van der Waals surface area contributed by atoms with E-state index in [-0.39, 0.29) is 0 Å². The van der Waals surface area contributed by atoms with Crippen LogP contribution in [0.25, 0.3) is 0 Å². The van der Waals surface area contributed by atoms with Gasteiger partial charge in [0.15, 0.2) is 0 Å². The number of benzene rings is 2. The van der Waals surface area contributed by atoms with Crippen molar-refractivity contribution in [1.82, 2.24) is 0 Å². The molecule has 0 radical (unpaired) electrons. The Kier molecular flexibility index (Phi) is 3.74. The maximum Gasteiger partial charge on any atom is 0.105 e. The van der Waals surface area contributed by atoms with E-state index >= 15 is 0 Å². The molecule has 0 aliphatic carbocycles. The molecule has 0 bridgehead atoms. The molecule has 1 atom stereocenters. The van der Waals surface area contributed by atoms with Crippen LogP contribution in [0.2, 0.25) is 5.02 Å². The molecular weight excluding hydrogens is 244 g/mol. The maximum absolute atomic E-state index is 10.4. The molecule has 0 amide bonds. The van der Waals surface area contributed by atoms with Crippen LogP contribution in [-0.4, -0.2) is 5.11 Å². The van der Waals surface area contributed by atoms with E-state index in [0.29, 0.717) is 5.02 Å². The average Bonchev–Trinajstić information content (AvgIpc) is 2.32. The molecule has 2 rings (SSSR count). The van der Waals surface area contributed by atoms with Crippen LogP contribution in [-0.2, 0) is 0 Å². The van der Waals surface area contributed by atoms with Crippen LogP contribution in [0, 0.1) is 20.8 Å². The summed E-state index contributed by atoms with van der Waals surface area (Å²) in [6, 6.07) is 11.7. The van der Waals surface area contributed by atoms with E-state index in [4.69, 9.17) is 11.6 Å². The van der Waals surface area contributed by atoms with Gasteiger partial charge < -0.3 is 5.11 Å². The number of halogens is 1. The van der Waals surface area contributed by atoms with Crippen molar-refractivity contribution in [3.05, 3.63) is 69.2 Å². The Morgan fingerprint density at radius 1 is 0.944 bits per heavy atom. The minimum Gasteiger partial charge on any atom is -0.384 e. The highest BCUT2D eigenvalue weighted by atomic mass is 35.5. The third-order valence-corrected chi connectivity index (χ3v) is 3.62. The summed E-state index contributed by atoms with van der Waals surface area (Å²) in [6.07, 6.45) is -0.669. The van der Waals surface area contributed by atoms with Gasteiger partial charge >= 0.3 is 0 Å². The zero-order valence-corrected chi connectivity index (χ0v) is 11.6. The quantitative estimate of drug-likeness (QED) is 0.851. The molecule has 1 N–H and O–H groups in total. The first-order valence-corrected chi connectivity index (χ1v) is 6.38. The van der Waals surface area contributed by atoms with Gasteiger partial charge in [0.05, 0.1) is 0 Å². The van der Waals surface area contributed by atoms with Gasteiger partial charge in [-0.05, 0) is 49.1 Å². The number of hydrogen-bond acceptors (Lipinski definition) is 1. The highest BCUT2D eigenvalue weighted by molar-refractivity contribution is 6.31. The van der Waals surface area contributed by atoms with Gasteiger partial charge in [-0.15, -0.1) is 0 Å². The second-order valence-electron chi connectivity index (χ2n) is 4.77. The molecule has 0 saturated carbocycles.